The van der Waals surface area contributed by atoms with Gasteiger partial charge in [0, 0.05) is 30.4 Å². The zero-order valence-corrected chi connectivity index (χ0v) is 14.9. The summed E-state index contributed by atoms with van der Waals surface area (Å²) in [6, 6.07) is 12.5. The number of amides is 1. The van der Waals surface area contributed by atoms with Crippen LogP contribution in [0.15, 0.2) is 36.4 Å². The number of anilines is 1. The molecule has 4 heteroatoms. The number of aromatic nitrogens is 1. The zero-order chi connectivity index (χ0) is 17.2. The van der Waals surface area contributed by atoms with Gasteiger partial charge in [0.05, 0.1) is 5.52 Å². The summed E-state index contributed by atoms with van der Waals surface area (Å²) in [6.07, 6.45) is 2.30. The third-order valence-corrected chi connectivity index (χ3v) is 4.66. The standard InChI is InChI=1S/C20H27N3O/c1-20(2,3)19(24)21-13-15-7-6-12-23(14-15)18-11-10-16-8-4-5-9-17(16)22-18/h4-5,8-11,15H,6-7,12-14H2,1-3H3,(H,21,24). The van der Waals surface area contributed by atoms with E-state index in [2.05, 4.69) is 34.5 Å². The number of fused-ring (bicyclic) bond motifs is 1. The Hall–Kier alpha value is -2.10. The lowest BCUT2D eigenvalue weighted by Crippen LogP contribution is -2.43. The monoisotopic (exact) mass is 325 g/mol. The lowest BCUT2D eigenvalue weighted by molar-refractivity contribution is -0.128. The Labute approximate surface area is 144 Å². The van der Waals surface area contributed by atoms with Gasteiger partial charge in [-0.1, -0.05) is 39.0 Å². The summed E-state index contributed by atoms with van der Waals surface area (Å²) in [5, 5.41) is 4.28. The lowest BCUT2D eigenvalue weighted by Gasteiger charge is -2.34. The molecule has 1 aromatic carbocycles. The Morgan fingerprint density at radius 1 is 1.25 bits per heavy atom. The molecule has 1 N–H and O–H groups in total. The molecule has 1 aliphatic rings. The van der Waals surface area contributed by atoms with E-state index in [1.807, 2.05) is 32.9 Å². The van der Waals surface area contributed by atoms with Crippen molar-refractivity contribution in [1.29, 1.82) is 0 Å². The largest absolute Gasteiger partial charge is 0.356 e. The van der Waals surface area contributed by atoms with Gasteiger partial charge >= 0.3 is 0 Å². The maximum atomic E-state index is 12.1. The molecular formula is C20H27N3O. The van der Waals surface area contributed by atoms with Gasteiger partial charge in [-0.05, 0) is 37.0 Å². The highest BCUT2D eigenvalue weighted by molar-refractivity contribution is 5.81. The smallest absolute Gasteiger partial charge is 0.225 e. The molecule has 1 aromatic heterocycles. The van der Waals surface area contributed by atoms with Gasteiger partial charge in [-0.3, -0.25) is 4.79 Å². The van der Waals surface area contributed by atoms with Crippen molar-refractivity contribution >= 4 is 22.6 Å². The molecule has 24 heavy (non-hydrogen) atoms. The molecule has 128 valence electrons. The molecule has 1 amide bonds. The highest BCUT2D eigenvalue weighted by atomic mass is 16.2. The molecule has 0 radical (unpaired) electrons. The molecule has 3 rings (SSSR count). The van der Waals surface area contributed by atoms with Crippen molar-refractivity contribution in [2.45, 2.75) is 33.6 Å². The van der Waals surface area contributed by atoms with Crippen molar-refractivity contribution in [2.24, 2.45) is 11.3 Å². The van der Waals surface area contributed by atoms with Gasteiger partial charge in [-0.25, -0.2) is 4.98 Å². The van der Waals surface area contributed by atoms with E-state index >= 15 is 0 Å². The Kier molecular flexibility index (Phi) is 4.74. The third-order valence-electron chi connectivity index (χ3n) is 4.66. The van der Waals surface area contributed by atoms with Crippen molar-refractivity contribution in [2.75, 3.05) is 24.5 Å². The second-order valence-electron chi connectivity index (χ2n) is 7.78. The van der Waals surface area contributed by atoms with Crippen LogP contribution in [0.5, 0.6) is 0 Å². The maximum absolute atomic E-state index is 12.1. The molecule has 0 aliphatic carbocycles. The van der Waals surface area contributed by atoms with Crippen molar-refractivity contribution in [3.8, 4) is 0 Å². The molecule has 1 saturated heterocycles. The van der Waals surface area contributed by atoms with E-state index in [1.165, 1.54) is 5.39 Å². The number of pyridine rings is 1. The Bertz CT molecular complexity index is 720. The van der Waals surface area contributed by atoms with Gasteiger partial charge in [0.25, 0.3) is 0 Å². The summed E-state index contributed by atoms with van der Waals surface area (Å²) in [4.78, 5) is 19.2. The molecular weight excluding hydrogens is 298 g/mol. The van der Waals surface area contributed by atoms with E-state index in [-0.39, 0.29) is 11.3 Å². The van der Waals surface area contributed by atoms with Crippen molar-refractivity contribution in [1.82, 2.24) is 10.3 Å². The van der Waals surface area contributed by atoms with Crippen molar-refractivity contribution in [3.63, 3.8) is 0 Å². The highest BCUT2D eigenvalue weighted by Gasteiger charge is 2.25. The van der Waals surface area contributed by atoms with Crippen LogP contribution >= 0.6 is 0 Å². The van der Waals surface area contributed by atoms with Gasteiger partial charge in [-0.15, -0.1) is 0 Å². The van der Waals surface area contributed by atoms with Crippen LogP contribution in [0.2, 0.25) is 0 Å². The number of para-hydroxylation sites is 1. The fourth-order valence-corrected chi connectivity index (χ4v) is 3.17. The van der Waals surface area contributed by atoms with E-state index < -0.39 is 0 Å². The van der Waals surface area contributed by atoms with Crippen molar-refractivity contribution < 1.29 is 4.79 Å². The van der Waals surface area contributed by atoms with Gasteiger partial charge < -0.3 is 10.2 Å². The fraction of sp³-hybridized carbons (Fsp3) is 0.500. The highest BCUT2D eigenvalue weighted by Crippen LogP contribution is 2.24. The number of carbonyl (C=O) groups is 1. The molecule has 2 aromatic rings. The summed E-state index contributed by atoms with van der Waals surface area (Å²) in [5.74, 6) is 1.65. The Morgan fingerprint density at radius 2 is 2.04 bits per heavy atom. The summed E-state index contributed by atoms with van der Waals surface area (Å²) >= 11 is 0. The Balaban J connectivity index is 1.65. The Morgan fingerprint density at radius 3 is 2.83 bits per heavy atom. The van der Waals surface area contributed by atoms with E-state index in [0.717, 1.165) is 43.8 Å². The SMILES string of the molecule is CC(C)(C)C(=O)NCC1CCCN(c2ccc3ccccc3n2)C1. The van der Waals surface area contributed by atoms with E-state index in [0.29, 0.717) is 5.92 Å². The van der Waals surface area contributed by atoms with Gasteiger partial charge in [0.1, 0.15) is 5.82 Å². The molecule has 4 nitrogen and oxygen atoms in total. The average Bonchev–Trinajstić information content (AvgIpc) is 2.58. The predicted molar refractivity (Wildman–Crippen MR) is 99.1 cm³/mol. The van der Waals surface area contributed by atoms with Crippen LogP contribution in [-0.4, -0.2) is 30.5 Å². The number of benzene rings is 1. The number of nitrogens with one attached hydrogen (secondary N) is 1. The van der Waals surface area contributed by atoms with Crippen LogP contribution < -0.4 is 10.2 Å². The first-order valence-corrected chi connectivity index (χ1v) is 8.82. The minimum atomic E-state index is -0.325. The van der Waals surface area contributed by atoms with E-state index in [4.69, 9.17) is 4.98 Å². The number of hydrogen-bond acceptors (Lipinski definition) is 3. The molecule has 0 spiro atoms. The average molecular weight is 325 g/mol. The van der Waals surface area contributed by atoms with E-state index in [9.17, 15) is 4.79 Å². The summed E-state index contributed by atoms with van der Waals surface area (Å²) < 4.78 is 0. The summed E-state index contributed by atoms with van der Waals surface area (Å²) in [5.41, 5.74) is 0.715. The molecule has 0 bridgehead atoms. The first-order valence-electron chi connectivity index (χ1n) is 8.82. The first kappa shape index (κ1) is 16.7. The van der Waals surface area contributed by atoms with E-state index in [1.54, 1.807) is 0 Å². The minimum Gasteiger partial charge on any atom is -0.356 e. The molecule has 1 aliphatic heterocycles. The number of nitrogens with zero attached hydrogens (tertiary/aromatic N) is 2. The maximum Gasteiger partial charge on any atom is 0.225 e. The van der Waals surface area contributed by atoms with Gasteiger partial charge in [0.15, 0.2) is 0 Å². The number of hydrogen-bond donors (Lipinski definition) is 1. The van der Waals surface area contributed by atoms with Gasteiger partial charge in [-0.2, -0.15) is 0 Å². The number of carbonyl (C=O) groups excluding carboxylic acids is 1. The molecule has 2 heterocycles. The second kappa shape index (κ2) is 6.80. The van der Waals surface area contributed by atoms with Crippen LogP contribution in [0.1, 0.15) is 33.6 Å². The zero-order valence-electron chi connectivity index (χ0n) is 14.9. The van der Waals surface area contributed by atoms with Crippen LogP contribution in [0.25, 0.3) is 10.9 Å². The number of rotatable bonds is 3. The van der Waals surface area contributed by atoms with Crippen LogP contribution in [0.3, 0.4) is 0 Å². The minimum absolute atomic E-state index is 0.128. The van der Waals surface area contributed by atoms with Crippen molar-refractivity contribution in [3.05, 3.63) is 36.4 Å². The normalized spacial score (nSPS) is 18.6. The molecule has 0 saturated carbocycles. The predicted octanol–water partition coefficient (Wildman–Crippen LogP) is 3.61. The van der Waals surface area contributed by atoms with Crippen LogP contribution in [0, 0.1) is 11.3 Å². The fourth-order valence-electron chi connectivity index (χ4n) is 3.17. The number of piperidine rings is 1. The molecule has 1 atom stereocenters. The summed E-state index contributed by atoms with van der Waals surface area (Å²) in [7, 11) is 0. The first-order chi connectivity index (χ1) is 11.4. The quantitative estimate of drug-likeness (QED) is 0.937. The third kappa shape index (κ3) is 3.86. The molecule has 1 fully saturated rings. The lowest BCUT2D eigenvalue weighted by atomic mass is 9.94. The molecule has 1 unspecified atom stereocenters. The van der Waals surface area contributed by atoms with Crippen LogP contribution in [-0.2, 0) is 4.79 Å². The van der Waals surface area contributed by atoms with Gasteiger partial charge in [0.2, 0.25) is 5.91 Å². The summed E-state index contributed by atoms with van der Waals surface area (Å²) in [6.45, 7) is 8.60. The topological polar surface area (TPSA) is 45.2 Å². The van der Waals surface area contributed by atoms with Crippen LogP contribution in [0.4, 0.5) is 5.82 Å². The second-order valence-corrected chi connectivity index (χ2v) is 7.78.